The number of hydrogen-bond acceptors (Lipinski definition) is 5. The lowest BCUT2D eigenvalue weighted by Crippen LogP contribution is -1.99. The van der Waals surface area contributed by atoms with Crippen molar-refractivity contribution in [1.29, 1.82) is 0 Å². The highest BCUT2D eigenvalue weighted by Crippen LogP contribution is 2.30. The van der Waals surface area contributed by atoms with E-state index in [0.29, 0.717) is 0 Å². The van der Waals surface area contributed by atoms with Crippen molar-refractivity contribution in [3.8, 4) is 28.6 Å². The van der Waals surface area contributed by atoms with E-state index in [-0.39, 0.29) is 0 Å². The molecule has 6 heteroatoms. The van der Waals surface area contributed by atoms with Crippen LogP contribution in [0.15, 0.2) is 84.0 Å². The van der Waals surface area contributed by atoms with Gasteiger partial charge in [0, 0.05) is 17.0 Å². The second-order valence-corrected chi connectivity index (χ2v) is 7.28. The second-order valence-electron chi connectivity index (χ2n) is 6.34. The summed E-state index contributed by atoms with van der Waals surface area (Å²) in [5.41, 5.74) is 3.21. The largest absolute Gasteiger partial charge is 0.497 e. The number of methoxy groups -OCH3 is 2. The summed E-state index contributed by atoms with van der Waals surface area (Å²) < 4.78 is 12.6. The lowest BCUT2D eigenvalue weighted by molar-refractivity contribution is 0.414. The van der Waals surface area contributed by atoms with Crippen LogP contribution in [0.2, 0.25) is 0 Å². The first-order valence-electron chi connectivity index (χ1n) is 9.19. The summed E-state index contributed by atoms with van der Waals surface area (Å²) in [7, 11) is 3.34. The molecule has 1 aromatic heterocycles. The molecule has 0 saturated heterocycles. The van der Waals surface area contributed by atoms with Crippen LogP contribution in [-0.4, -0.2) is 29.0 Å². The summed E-state index contributed by atoms with van der Waals surface area (Å²) in [5.74, 6) is 3.26. The molecule has 0 atom stereocenters. The molecule has 29 heavy (non-hydrogen) atoms. The molecule has 0 N–H and O–H groups in total. The quantitative estimate of drug-likeness (QED) is 0.395. The van der Waals surface area contributed by atoms with Crippen LogP contribution in [0.25, 0.3) is 17.1 Å². The van der Waals surface area contributed by atoms with Gasteiger partial charge in [0.15, 0.2) is 11.0 Å². The molecule has 3 aromatic carbocycles. The third kappa shape index (κ3) is 4.27. The Morgan fingerprint density at radius 3 is 2.00 bits per heavy atom. The molecule has 0 fully saturated rings. The van der Waals surface area contributed by atoms with Gasteiger partial charge in [-0.15, -0.1) is 10.2 Å². The summed E-state index contributed by atoms with van der Waals surface area (Å²) in [5, 5.41) is 9.81. The van der Waals surface area contributed by atoms with E-state index in [1.165, 1.54) is 5.56 Å². The maximum Gasteiger partial charge on any atom is 0.196 e. The summed E-state index contributed by atoms with van der Waals surface area (Å²) in [6.45, 7) is 0. The van der Waals surface area contributed by atoms with Gasteiger partial charge in [0.25, 0.3) is 0 Å². The Labute approximate surface area is 174 Å². The van der Waals surface area contributed by atoms with Gasteiger partial charge in [0.2, 0.25) is 0 Å². The highest BCUT2D eigenvalue weighted by Gasteiger charge is 2.16. The minimum Gasteiger partial charge on any atom is -0.497 e. The van der Waals surface area contributed by atoms with Gasteiger partial charge in [-0.05, 0) is 54.1 Å². The number of nitrogens with zero attached hydrogens (tertiary/aromatic N) is 3. The van der Waals surface area contributed by atoms with Crippen LogP contribution in [0, 0.1) is 0 Å². The number of thioether (sulfide) groups is 1. The summed E-state index contributed by atoms with van der Waals surface area (Å²) in [4.78, 5) is 0. The molecule has 5 nitrogen and oxygen atoms in total. The van der Waals surface area contributed by atoms with Gasteiger partial charge in [-0.2, -0.15) is 0 Å². The third-order valence-corrected chi connectivity index (χ3v) is 5.52. The van der Waals surface area contributed by atoms with Gasteiger partial charge in [-0.3, -0.25) is 4.57 Å². The summed E-state index contributed by atoms with van der Waals surface area (Å²) >= 11 is 1.66. The van der Waals surface area contributed by atoms with E-state index in [9.17, 15) is 0 Å². The zero-order valence-electron chi connectivity index (χ0n) is 16.3. The van der Waals surface area contributed by atoms with Crippen molar-refractivity contribution in [2.24, 2.45) is 0 Å². The number of benzene rings is 3. The molecule has 0 radical (unpaired) electrons. The maximum absolute atomic E-state index is 5.27. The molecule has 4 rings (SSSR count). The van der Waals surface area contributed by atoms with Gasteiger partial charge >= 0.3 is 0 Å². The first kappa shape index (κ1) is 19.1. The zero-order valence-corrected chi connectivity index (χ0v) is 17.1. The molecule has 146 valence electrons. The fraction of sp³-hybridized carbons (Fsp3) is 0.130. The Bertz CT molecular complexity index is 1060. The van der Waals surface area contributed by atoms with Gasteiger partial charge in [0.1, 0.15) is 11.5 Å². The molecule has 4 aromatic rings. The topological polar surface area (TPSA) is 49.2 Å². The maximum atomic E-state index is 5.27. The average Bonchev–Trinajstić information content (AvgIpc) is 3.22. The number of rotatable bonds is 7. The minimum absolute atomic E-state index is 0.789. The van der Waals surface area contributed by atoms with E-state index < -0.39 is 0 Å². The number of hydrogen-bond donors (Lipinski definition) is 0. The lowest BCUT2D eigenvalue weighted by Gasteiger charge is -2.11. The van der Waals surface area contributed by atoms with Crippen molar-refractivity contribution in [3.63, 3.8) is 0 Å². The Kier molecular flexibility index (Phi) is 5.81. The van der Waals surface area contributed by atoms with Crippen LogP contribution in [0.1, 0.15) is 5.56 Å². The van der Waals surface area contributed by atoms with Crippen molar-refractivity contribution < 1.29 is 9.47 Å². The number of aromatic nitrogens is 3. The number of para-hydroxylation sites is 1. The van der Waals surface area contributed by atoms with Gasteiger partial charge in [-0.25, -0.2) is 0 Å². The van der Waals surface area contributed by atoms with Crippen molar-refractivity contribution in [2.75, 3.05) is 14.2 Å². The Balaban J connectivity index is 1.66. The molecule has 0 aliphatic rings. The zero-order chi connectivity index (χ0) is 20.1. The van der Waals surface area contributed by atoms with Crippen molar-refractivity contribution in [1.82, 2.24) is 14.8 Å². The van der Waals surface area contributed by atoms with E-state index in [0.717, 1.165) is 39.5 Å². The molecular formula is C23H21N3O2S. The molecule has 0 saturated carbocycles. The Hall–Kier alpha value is -3.25. The molecule has 0 aliphatic carbocycles. The van der Waals surface area contributed by atoms with Crippen LogP contribution < -0.4 is 9.47 Å². The van der Waals surface area contributed by atoms with E-state index >= 15 is 0 Å². The van der Waals surface area contributed by atoms with E-state index in [1.54, 1.807) is 26.0 Å². The third-order valence-electron chi connectivity index (χ3n) is 4.52. The monoisotopic (exact) mass is 403 g/mol. The van der Waals surface area contributed by atoms with Crippen molar-refractivity contribution >= 4 is 11.8 Å². The Morgan fingerprint density at radius 1 is 0.759 bits per heavy atom. The molecule has 0 aliphatic heterocycles. The van der Waals surface area contributed by atoms with Gasteiger partial charge < -0.3 is 9.47 Å². The normalized spacial score (nSPS) is 10.7. The van der Waals surface area contributed by atoms with Gasteiger partial charge in [-0.1, -0.05) is 42.1 Å². The Morgan fingerprint density at radius 2 is 1.38 bits per heavy atom. The molecule has 0 unspecified atom stereocenters. The second kappa shape index (κ2) is 8.84. The lowest BCUT2D eigenvalue weighted by atomic mass is 10.2. The summed E-state index contributed by atoms with van der Waals surface area (Å²) in [6, 6.07) is 26.1. The molecule has 0 bridgehead atoms. The standard InChI is InChI=1S/C23H21N3O2S/c1-27-20-12-8-17(9-13-20)16-29-23-25-24-22(18-10-14-21(28-2)15-11-18)26(23)19-6-4-3-5-7-19/h3-15H,16H2,1-2H3. The SMILES string of the molecule is COc1ccc(CSc2nnc(-c3ccc(OC)cc3)n2-c2ccccc2)cc1. The first-order valence-corrected chi connectivity index (χ1v) is 10.2. The molecule has 0 amide bonds. The minimum atomic E-state index is 0.789. The number of ether oxygens (including phenoxy) is 2. The van der Waals surface area contributed by atoms with Crippen molar-refractivity contribution in [2.45, 2.75) is 10.9 Å². The van der Waals surface area contributed by atoms with E-state index in [1.807, 2.05) is 54.6 Å². The molecular weight excluding hydrogens is 382 g/mol. The highest BCUT2D eigenvalue weighted by atomic mass is 32.2. The predicted molar refractivity (Wildman–Crippen MR) is 116 cm³/mol. The van der Waals surface area contributed by atoms with Crippen LogP contribution in [0.3, 0.4) is 0 Å². The van der Waals surface area contributed by atoms with Crippen LogP contribution in [-0.2, 0) is 5.75 Å². The fourth-order valence-electron chi connectivity index (χ4n) is 2.97. The smallest absolute Gasteiger partial charge is 0.196 e. The van der Waals surface area contributed by atoms with Crippen molar-refractivity contribution in [3.05, 3.63) is 84.4 Å². The molecule has 1 heterocycles. The summed E-state index contributed by atoms with van der Waals surface area (Å²) in [6.07, 6.45) is 0. The predicted octanol–water partition coefficient (Wildman–Crippen LogP) is 5.24. The molecule has 0 spiro atoms. The fourth-order valence-corrected chi connectivity index (χ4v) is 3.88. The van der Waals surface area contributed by atoms with Crippen LogP contribution in [0.4, 0.5) is 0 Å². The van der Waals surface area contributed by atoms with Crippen LogP contribution in [0.5, 0.6) is 11.5 Å². The van der Waals surface area contributed by atoms with E-state index in [2.05, 4.69) is 39.0 Å². The average molecular weight is 404 g/mol. The van der Waals surface area contributed by atoms with Gasteiger partial charge in [0.05, 0.1) is 14.2 Å². The highest BCUT2D eigenvalue weighted by molar-refractivity contribution is 7.98. The van der Waals surface area contributed by atoms with E-state index in [4.69, 9.17) is 9.47 Å². The van der Waals surface area contributed by atoms with Crippen LogP contribution >= 0.6 is 11.8 Å². The first-order chi connectivity index (χ1) is 14.3.